The molecule has 164 valence electrons. The monoisotopic (exact) mass is 452 g/mol. The van der Waals surface area contributed by atoms with Gasteiger partial charge in [-0.2, -0.15) is 17.0 Å². The fourth-order valence-corrected chi connectivity index (χ4v) is 6.39. The number of rotatable bonds is 5. The Hall–Kier alpha value is -3.12. The van der Waals surface area contributed by atoms with Crippen LogP contribution in [-0.2, 0) is 14.9 Å². The Morgan fingerprint density at radius 3 is 2.78 bits per heavy atom. The first kappa shape index (κ1) is 20.8. The number of halogens is 1. The quantitative estimate of drug-likeness (QED) is 0.749. The van der Waals surface area contributed by atoms with Gasteiger partial charge < -0.3 is 10.1 Å². The number of benzene rings is 1. The third-order valence-corrected chi connectivity index (χ3v) is 7.73. The molecule has 1 aromatic heterocycles. The summed E-state index contributed by atoms with van der Waals surface area (Å²) in [5.41, 5.74) is 1.64. The lowest BCUT2D eigenvalue weighted by molar-refractivity contribution is -0.119. The van der Waals surface area contributed by atoms with Crippen LogP contribution in [0.3, 0.4) is 0 Å². The zero-order valence-electron chi connectivity index (χ0n) is 17.4. The van der Waals surface area contributed by atoms with Crippen molar-refractivity contribution in [2.45, 2.75) is 18.4 Å². The van der Waals surface area contributed by atoms with Crippen molar-refractivity contribution in [3.63, 3.8) is 0 Å². The summed E-state index contributed by atoms with van der Waals surface area (Å²) in [6.45, 7) is 1.82. The maximum Gasteiger partial charge on any atom is 0.414 e. The maximum absolute atomic E-state index is 14.9. The minimum Gasteiger partial charge on any atom is -0.442 e. The van der Waals surface area contributed by atoms with Gasteiger partial charge in [-0.05, 0) is 47.6 Å². The van der Waals surface area contributed by atoms with E-state index in [-0.39, 0.29) is 19.0 Å². The molecule has 0 spiro atoms. The average molecular weight is 453 g/mol. The molecule has 2 aliphatic heterocycles. The van der Waals surface area contributed by atoms with E-state index in [2.05, 4.69) is 16.4 Å². The van der Waals surface area contributed by atoms with Gasteiger partial charge in [0.15, 0.2) is 0 Å². The number of hydrogen-bond acceptors (Lipinski definition) is 6. The summed E-state index contributed by atoms with van der Waals surface area (Å²) < 4.78 is 20.2. The molecule has 1 aliphatic carbocycles. The highest BCUT2D eigenvalue weighted by atomic mass is 32.2. The predicted octanol–water partition coefficient (Wildman–Crippen LogP) is 3.10. The van der Waals surface area contributed by atoms with Crippen LogP contribution in [-0.4, -0.2) is 47.7 Å². The number of fused-ring (bicyclic) bond motifs is 1. The zero-order valence-corrected chi connectivity index (χ0v) is 18.2. The van der Waals surface area contributed by atoms with Crippen molar-refractivity contribution in [2.24, 2.45) is 11.8 Å². The number of cyclic esters (lactones) is 1. The van der Waals surface area contributed by atoms with Gasteiger partial charge in [0.2, 0.25) is 5.91 Å². The van der Waals surface area contributed by atoms with E-state index in [4.69, 9.17) is 4.74 Å². The number of carbonyl (C=O) groups excluding carboxylic acids is 2. The number of anilines is 1. The highest BCUT2D eigenvalue weighted by Gasteiger charge is 2.69. The van der Waals surface area contributed by atoms with Crippen LogP contribution in [0.5, 0.6) is 0 Å². The SMILES string of the molecule is CC(=O)NC[C@H]1CN(c2ccc(-c3ccc(C4(C#N)[C@@H]5CSC[C@@H]54)nc3)c(F)c2)C(=O)O1. The number of hydrogen-bond donors (Lipinski definition) is 1. The normalized spacial score (nSPS) is 28.1. The van der Waals surface area contributed by atoms with Gasteiger partial charge in [-0.15, -0.1) is 0 Å². The Kier molecular flexibility index (Phi) is 5.05. The minimum absolute atomic E-state index is 0.209. The minimum atomic E-state index is -0.575. The molecule has 1 N–H and O–H groups in total. The van der Waals surface area contributed by atoms with Crippen molar-refractivity contribution in [3.8, 4) is 17.2 Å². The van der Waals surface area contributed by atoms with Crippen molar-refractivity contribution < 1.29 is 18.7 Å². The average Bonchev–Trinajstić information content (AvgIpc) is 3.09. The van der Waals surface area contributed by atoms with Gasteiger partial charge in [0.1, 0.15) is 17.3 Å². The van der Waals surface area contributed by atoms with Crippen LogP contribution < -0.4 is 10.2 Å². The van der Waals surface area contributed by atoms with Gasteiger partial charge in [-0.1, -0.05) is 6.07 Å². The van der Waals surface area contributed by atoms with Gasteiger partial charge >= 0.3 is 6.09 Å². The standard InChI is InChI=1S/C23H21FN4O3S/c1-13(29)26-8-16-9-28(22(30)31-16)15-3-4-17(20(24)6-15)14-2-5-21(27-7-14)23(12-25)18-10-32-11-19(18)23/h2-7,16,18-19H,8-11H2,1H3,(H,26,29)/t16-,18-,19+,23?/m0/s1. The molecular formula is C23H21FN4O3S. The molecule has 5 rings (SSSR count). The van der Waals surface area contributed by atoms with Crippen LogP contribution in [0.1, 0.15) is 12.6 Å². The molecule has 0 bridgehead atoms. The van der Waals surface area contributed by atoms with Crippen molar-refractivity contribution in [1.29, 1.82) is 5.26 Å². The van der Waals surface area contributed by atoms with Crippen LogP contribution in [0.15, 0.2) is 36.5 Å². The molecule has 9 heteroatoms. The molecule has 3 heterocycles. The zero-order chi connectivity index (χ0) is 22.5. The summed E-state index contributed by atoms with van der Waals surface area (Å²) in [5.74, 6) is 2.01. The summed E-state index contributed by atoms with van der Waals surface area (Å²) in [5, 5.41) is 12.4. The van der Waals surface area contributed by atoms with Crippen LogP contribution >= 0.6 is 11.8 Å². The van der Waals surface area contributed by atoms with Gasteiger partial charge in [-0.3, -0.25) is 14.7 Å². The second-order valence-corrected chi connectivity index (χ2v) is 9.46. The van der Waals surface area contributed by atoms with E-state index in [1.165, 1.54) is 17.9 Å². The van der Waals surface area contributed by atoms with Crippen LogP contribution in [0, 0.1) is 29.0 Å². The number of aromatic nitrogens is 1. The van der Waals surface area contributed by atoms with E-state index >= 15 is 0 Å². The first-order valence-electron chi connectivity index (χ1n) is 10.4. The molecule has 3 aliphatic rings. The molecular weight excluding hydrogens is 431 g/mol. The van der Waals surface area contributed by atoms with Gasteiger partial charge in [0, 0.05) is 24.2 Å². The molecule has 2 saturated heterocycles. The Morgan fingerprint density at radius 1 is 1.38 bits per heavy atom. The number of nitrogens with one attached hydrogen (secondary N) is 1. The maximum atomic E-state index is 14.9. The number of thioether (sulfide) groups is 1. The fraction of sp³-hybridized carbons (Fsp3) is 0.391. The Bertz CT molecular complexity index is 1120. The summed E-state index contributed by atoms with van der Waals surface area (Å²) >= 11 is 1.88. The molecule has 1 unspecified atom stereocenters. The van der Waals surface area contributed by atoms with Crippen molar-refractivity contribution in [2.75, 3.05) is 29.5 Å². The largest absolute Gasteiger partial charge is 0.442 e. The number of ether oxygens (including phenoxy) is 1. The van der Waals surface area contributed by atoms with E-state index in [0.717, 1.165) is 17.2 Å². The van der Waals surface area contributed by atoms with E-state index in [0.29, 0.717) is 28.7 Å². The third kappa shape index (κ3) is 3.30. The molecule has 1 saturated carbocycles. The van der Waals surface area contributed by atoms with E-state index in [1.54, 1.807) is 24.4 Å². The molecule has 7 nitrogen and oxygen atoms in total. The molecule has 2 amide bonds. The van der Waals surface area contributed by atoms with Crippen LogP contribution in [0.2, 0.25) is 0 Å². The molecule has 1 aromatic carbocycles. The Morgan fingerprint density at radius 2 is 2.16 bits per heavy atom. The lowest BCUT2D eigenvalue weighted by Gasteiger charge is -2.15. The van der Waals surface area contributed by atoms with Crippen LogP contribution in [0.4, 0.5) is 14.9 Å². The number of amides is 2. The van der Waals surface area contributed by atoms with Gasteiger partial charge in [0.05, 0.1) is 30.5 Å². The summed E-state index contributed by atoms with van der Waals surface area (Å²) in [6, 6.07) is 10.7. The second-order valence-electron chi connectivity index (χ2n) is 8.38. The topological polar surface area (TPSA) is 95.3 Å². The summed E-state index contributed by atoms with van der Waals surface area (Å²) in [7, 11) is 0. The lowest BCUT2D eigenvalue weighted by Crippen LogP contribution is -2.33. The molecule has 32 heavy (non-hydrogen) atoms. The van der Waals surface area contributed by atoms with Gasteiger partial charge in [0.25, 0.3) is 0 Å². The summed E-state index contributed by atoms with van der Waals surface area (Å²) in [4.78, 5) is 29.1. The van der Waals surface area contributed by atoms with Gasteiger partial charge in [-0.25, -0.2) is 9.18 Å². The Labute approximate surface area is 188 Å². The lowest BCUT2D eigenvalue weighted by atomic mass is 9.97. The first-order valence-corrected chi connectivity index (χ1v) is 11.6. The first-order chi connectivity index (χ1) is 15.4. The van der Waals surface area contributed by atoms with Crippen molar-refractivity contribution in [3.05, 3.63) is 48.0 Å². The number of nitrogens with zero attached hydrogens (tertiary/aromatic N) is 3. The number of carbonyl (C=O) groups is 2. The van der Waals surface area contributed by atoms with Crippen molar-refractivity contribution in [1.82, 2.24) is 10.3 Å². The summed E-state index contributed by atoms with van der Waals surface area (Å²) in [6.07, 6.45) is 0.550. The van der Waals surface area contributed by atoms with E-state index in [1.807, 2.05) is 17.8 Å². The Balaban J connectivity index is 1.32. The van der Waals surface area contributed by atoms with Crippen LogP contribution in [0.25, 0.3) is 11.1 Å². The van der Waals surface area contributed by atoms with E-state index < -0.39 is 23.4 Å². The molecule has 0 radical (unpaired) electrons. The second kappa shape index (κ2) is 7.78. The van der Waals surface area contributed by atoms with E-state index in [9.17, 15) is 19.2 Å². The molecule has 3 fully saturated rings. The number of nitriles is 1. The highest BCUT2D eigenvalue weighted by molar-refractivity contribution is 7.99. The third-order valence-electron chi connectivity index (χ3n) is 6.54. The van der Waals surface area contributed by atoms with Crippen molar-refractivity contribution >= 4 is 29.4 Å². The predicted molar refractivity (Wildman–Crippen MR) is 118 cm³/mol. The number of pyridine rings is 1. The smallest absolute Gasteiger partial charge is 0.414 e. The highest BCUT2D eigenvalue weighted by Crippen LogP contribution is 2.65. The fourth-order valence-electron chi connectivity index (χ4n) is 4.76. The molecule has 2 aromatic rings. The molecule has 4 atom stereocenters.